The Labute approximate surface area is 138 Å². The van der Waals surface area contributed by atoms with Gasteiger partial charge in [-0.05, 0) is 44.0 Å². The van der Waals surface area contributed by atoms with Crippen LogP contribution in [0, 0.1) is 6.92 Å². The highest BCUT2D eigenvalue weighted by Crippen LogP contribution is 2.29. The third kappa shape index (κ3) is 3.42. The molecule has 1 atom stereocenters. The summed E-state index contributed by atoms with van der Waals surface area (Å²) in [7, 11) is 0. The maximum absolute atomic E-state index is 12.6. The summed E-state index contributed by atoms with van der Waals surface area (Å²) in [5.41, 5.74) is 1.75. The zero-order chi connectivity index (χ0) is 16.4. The SMILES string of the molecule is Cc1csc(C2CCCN(C(=O)c3ccc(C(=O)O)cc3)C2)n1. The van der Waals surface area contributed by atoms with Crippen LogP contribution in [-0.2, 0) is 0 Å². The number of amides is 1. The van der Waals surface area contributed by atoms with Gasteiger partial charge in [0.2, 0.25) is 0 Å². The Morgan fingerprint density at radius 1 is 1.26 bits per heavy atom. The molecule has 1 aliphatic rings. The van der Waals surface area contributed by atoms with Gasteiger partial charge in [0.05, 0.1) is 10.6 Å². The standard InChI is InChI=1S/C17H18N2O3S/c1-11-10-23-15(18-11)14-3-2-8-19(9-14)16(20)12-4-6-13(7-5-12)17(21)22/h4-7,10,14H,2-3,8-9H2,1H3,(H,21,22). The first kappa shape index (κ1) is 15.7. The van der Waals surface area contributed by atoms with Crippen molar-refractivity contribution in [1.82, 2.24) is 9.88 Å². The van der Waals surface area contributed by atoms with Crippen LogP contribution in [-0.4, -0.2) is 40.0 Å². The molecule has 1 unspecified atom stereocenters. The quantitative estimate of drug-likeness (QED) is 0.938. The molecule has 0 aliphatic carbocycles. The molecule has 6 heteroatoms. The second-order valence-electron chi connectivity index (χ2n) is 5.80. The molecular weight excluding hydrogens is 312 g/mol. The average Bonchev–Trinajstić information content (AvgIpc) is 3.01. The fraction of sp³-hybridized carbons (Fsp3) is 0.353. The van der Waals surface area contributed by atoms with Gasteiger partial charge in [0.25, 0.3) is 5.91 Å². The molecule has 5 nitrogen and oxygen atoms in total. The van der Waals surface area contributed by atoms with Gasteiger partial charge in [-0.2, -0.15) is 0 Å². The van der Waals surface area contributed by atoms with Crippen molar-refractivity contribution >= 4 is 23.2 Å². The molecule has 0 spiro atoms. The number of nitrogens with zero attached hydrogens (tertiary/aromatic N) is 2. The Hall–Kier alpha value is -2.21. The molecule has 1 saturated heterocycles. The number of piperidine rings is 1. The van der Waals surface area contributed by atoms with E-state index in [1.165, 1.54) is 12.1 Å². The van der Waals surface area contributed by atoms with E-state index in [0.29, 0.717) is 18.0 Å². The minimum absolute atomic E-state index is 0.0417. The van der Waals surface area contributed by atoms with Gasteiger partial charge in [-0.1, -0.05) is 0 Å². The average molecular weight is 330 g/mol. The lowest BCUT2D eigenvalue weighted by atomic mass is 9.98. The summed E-state index contributed by atoms with van der Waals surface area (Å²) >= 11 is 1.66. The summed E-state index contributed by atoms with van der Waals surface area (Å²) in [5.74, 6) is -0.731. The molecule has 2 heterocycles. The highest BCUT2D eigenvalue weighted by molar-refractivity contribution is 7.09. The fourth-order valence-corrected chi connectivity index (χ4v) is 3.79. The van der Waals surface area contributed by atoms with Gasteiger partial charge in [0.1, 0.15) is 0 Å². The summed E-state index contributed by atoms with van der Waals surface area (Å²) < 4.78 is 0. The molecule has 1 fully saturated rings. The van der Waals surface area contributed by atoms with E-state index in [4.69, 9.17) is 5.11 Å². The first-order chi connectivity index (χ1) is 11.0. The highest BCUT2D eigenvalue weighted by atomic mass is 32.1. The second-order valence-corrected chi connectivity index (χ2v) is 6.69. The lowest BCUT2D eigenvalue weighted by Crippen LogP contribution is -2.39. The molecule has 1 aliphatic heterocycles. The van der Waals surface area contributed by atoms with Crippen molar-refractivity contribution in [3.8, 4) is 0 Å². The Balaban J connectivity index is 1.72. The molecule has 120 valence electrons. The van der Waals surface area contributed by atoms with Gasteiger partial charge < -0.3 is 10.0 Å². The molecule has 2 aromatic rings. The number of hydrogen-bond acceptors (Lipinski definition) is 4. The largest absolute Gasteiger partial charge is 0.478 e. The van der Waals surface area contributed by atoms with Crippen LogP contribution in [0.2, 0.25) is 0 Å². The number of likely N-dealkylation sites (tertiary alicyclic amines) is 1. The summed E-state index contributed by atoms with van der Waals surface area (Å²) in [4.78, 5) is 29.9. The third-order valence-electron chi connectivity index (χ3n) is 4.07. The number of aromatic nitrogens is 1. The lowest BCUT2D eigenvalue weighted by molar-refractivity contribution is 0.0687. The molecule has 0 radical (unpaired) electrons. The summed E-state index contributed by atoms with van der Waals surface area (Å²) in [5, 5.41) is 12.1. The molecule has 1 amide bonds. The van der Waals surface area contributed by atoms with E-state index in [9.17, 15) is 9.59 Å². The molecule has 1 aromatic carbocycles. The van der Waals surface area contributed by atoms with E-state index in [-0.39, 0.29) is 11.5 Å². The van der Waals surface area contributed by atoms with Gasteiger partial charge in [-0.3, -0.25) is 4.79 Å². The Morgan fingerprint density at radius 3 is 2.57 bits per heavy atom. The lowest BCUT2D eigenvalue weighted by Gasteiger charge is -2.32. The van der Waals surface area contributed by atoms with Crippen LogP contribution in [0.3, 0.4) is 0 Å². The maximum atomic E-state index is 12.6. The minimum atomic E-state index is -0.985. The van der Waals surface area contributed by atoms with Crippen LogP contribution in [0.4, 0.5) is 0 Å². The molecule has 0 saturated carbocycles. The zero-order valence-corrected chi connectivity index (χ0v) is 13.7. The number of carboxylic acids is 1. The zero-order valence-electron chi connectivity index (χ0n) is 12.9. The normalized spacial score (nSPS) is 18.0. The molecular formula is C17H18N2O3S. The van der Waals surface area contributed by atoms with Crippen molar-refractivity contribution in [3.05, 3.63) is 51.5 Å². The number of carboxylic acid groups (broad SMARTS) is 1. The second kappa shape index (κ2) is 6.50. The van der Waals surface area contributed by atoms with Crippen LogP contribution in [0.1, 0.15) is 50.2 Å². The van der Waals surface area contributed by atoms with E-state index >= 15 is 0 Å². The number of aryl methyl sites for hydroxylation is 1. The third-order valence-corrected chi connectivity index (χ3v) is 5.20. The summed E-state index contributed by atoms with van der Waals surface area (Å²) in [6, 6.07) is 6.12. The van der Waals surface area contributed by atoms with Crippen molar-refractivity contribution in [2.75, 3.05) is 13.1 Å². The van der Waals surface area contributed by atoms with Crippen molar-refractivity contribution in [3.63, 3.8) is 0 Å². The molecule has 1 N–H and O–H groups in total. The van der Waals surface area contributed by atoms with Crippen LogP contribution in [0.25, 0.3) is 0 Å². The smallest absolute Gasteiger partial charge is 0.335 e. The van der Waals surface area contributed by atoms with Gasteiger partial charge in [-0.25, -0.2) is 9.78 Å². The van der Waals surface area contributed by atoms with Gasteiger partial charge in [-0.15, -0.1) is 11.3 Å². The predicted molar refractivity (Wildman–Crippen MR) is 88.1 cm³/mol. The van der Waals surface area contributed by atoms with E-state index in [1.807, 2.05) is 17.2 Å². The minimum Gasteiger partial charge on any atom is -0.478 e. The number of aromatic carboxylic acids is 1. The first-order valence-corrected chi connectivity index (χ1v) is 8.47. The van der Waals surface area contributed by atoms with Crippen molar-refractivity contribution in [2.45, 2.75) is 25.7 Å². The molecule has 1 aromatic heterocycles. The topological polar surface area (TPSA) is 70.5 Å². The van der Waals surface area contributed by atoms with E-state index < -0.39 is 5.97 Å². The number of hydrogen-bond donors (Lipinski definition) is 1. The van der Waals surface area contributed by atoms with Crippen LogP contribution in [0.5, 0.6) is 0 Å². The van der Waals surface area contributed by atoms with E-state index in [1.54, 1.807) is 23.5 Å². The fourth-order valence-electron chi connectivity index (χ4n) is 2.86. The Bertz CT molecular complexity index is 724. The molecule has 23 heavy (non-hydrogen) atoms. The van der Waals surface area contributed by atoms with Gasteiger partial charge >= 0.3 is 5.97 Å². The number of rotatable bonds is 3. The number of carbonyl (C=O) groups excluding carboxylic acids is 1. The Kier molecular flexibility index (Phi) is 4.43. The molecule has 3 rings (SSSR count). The summed E-state index contributed by atoms with van der Waals surface area (Å²) in [6.45, 7) is 3.39. The van der Waals surface area contributed by atoms with Crippen molar-refractivity contribution < 1.29 is 14.7 Å². The van der Waals surface area contributed by atoms with Gasteiger partial charge in [0.15, 0.2) is 0 Å². The first-order valence-electron chi connectivity index (χ1n) is 7.59. The Morgan fingerprint density at radius 2 is 1.96 bits per heavy atom. The van der Waals surface area contributed by atoms with Crippen molar-refractivity contribution in [1.29, 1.82) is 0 Å². The number of thiazole rings is 1. The van der Waals surface area contributed by atoms with Crippen LogP contribution < -0.4 is 0 Å². The predicted octanol–water partition coefficient (Wildman–Crippen LogP) is 3.17. The summed E-state index contributed by atoms with van der Waals surface area (Å²) in [6.07, 6.45) is 2.01. The van der Waals surface area contributed by atoms with Crippen LogP contribution >= 0.6 is 11.3 Å². The van der Waals surface area contributed by atoms with E-state index in [0.717, 1.165) is 30.1 Å². The molecule has 0 bridgehead atoms. The monoisotopic (exact) mass is 330 g/mol. The van der Waals surface area contributed by atoms with Crippen LogP contribution in [0.15, 0.2) is 29.6 Å². The van der Waals surface area contributed by atoms with Crippen molar-refractivity contribution in [2.24, 2.45) is 0 Å². The number of carbonyl (C=O) groups is 2. The maximum Gasteiger partial charge on any atom is 0.335 e. The van der Waals surface area contributed by atoms with E-state index in [2.05, 4.69) is 4.98 Å². The highest BCUT2D eigenvalue weighted by Gasteiger charge is 2.27. The van der Waals surface area contributed by atoms with Gasteiger partial charge in [0, 0.05) is 35.6 Å². The number of benzene rings is 1.